The zero-order valence-corrected chi connectivity index (χ0v) is 54.6. The maximum absolute atomic E-state index is 2.33. The second kappa shape index (κ2) is 69.8. The topological polar surface area (TPSA) is 0 Å². The largest absolute Gasteiger partial charge is 1.00 e. The van der Waals surface area contributed by atoms with Crippen LogP contribution < -0.4 is 12.4 Å². The highest BCUT2D eigenvalue weighted by molar-refractivity contribution is 7.75. The van der Waals surface area contributed by atoms with E-state index in [-0.39, 0.29) is 12.4 Å². The maximum atomic E-state index is 2.33. The van der Waals surface area contributed by atoms with Gasteiger partial charge in [0.1, 0.15) is 0 Å². The fraction of sp³-hybridized carbons (Fsp3) is 1.00. The van der Waals surface area contributed by atoms with Crippen molar-refractivity contribution in [2.24, 2.45) is 0 Å². The van der Waals surface area contributed by atoms with Crippen LogP contribution in [0.5, 0.6) is 0 Å². The molecule has 2 heteroatoms. The molecule has 0 aliphatic rings. The Labute approximate surface area is 480 Å². The summed E-state index contributed by atoms with van der Waals surface area (Å²) in [4.78, 5) is 0. The SMILES string of the molecule is CCCCCCCCCCCCCCCCCC[P+](CCCCCCCCCCCCCCCCCC)(CCCCCCCCCCCCCCCCCC)CCCCCCCCCCCCCCCCCC.[Cl-]. The van der Waals surface area contributed by atoms with Gasteiger partial charge in [-0.2, -0.15) is 0 Å². The lowest BCUT2D eigenvalue weighted by Gasteiger charge is -2.28. The van der Waals surface area contributed by atoms with Crippen molar-refractivity contribution in [3.63, 3.8) is 0 Å². The Morgan fingerprint density at radius 1 is 0.122 bits per heavy atom. The van der Waals surface area contributed by atoms with Crippen LogP contribution in [-0.2, 0) is 0 Å². The van der Waals surface area contributed by atoms with E-state index in [0.29, 0.717) is 0 Å². The molecule has 0 amide bonds. The Morgan fingerprint density at radius 2 is 0.203 bits per heavy atom. The highest BCUT2D eigenvalue weighted by atomic mass is 35.5. The summed E-state index contributed by atoms with van der Waals surface area (Å²) in [6.45, 7) is 9.34. The van der Waals surface area contributed by atoms with Crippen molar-refractivity contribution in [1.82, 2.24) is 0 Å². The van der Waals surface area contributed by atoms with Crippen molar-refractivity contribution >= 4 is 7.26 Å². The van der Waals surface area contributed by atoms with Crippen molar-refractivity contribution in [3.05, 3.63) is 0 Å². The number of halogens is 1. The molecule has 0 N–H and O–H groups in total. The van der Waals surface area contributed by atoms with E-state index in [2.05, 4.69) is 27.7 Å². The summed E-state index contributed by atoms with van der Waals surface area (Å²) in [6, 6.07) is 0. The summed E-state index contributed by atoms with van der Waals surface area (Å²) < 4.78 is 0. The van der Waals surface area contributed by atoms with Gasteiger partial charge in [-0.3, -0.25) is 0 Å². The highest BCUT2D eigenvalue weighted by Gasteiger charge is 2.35. The first-order chi connectivity index (χ1) is 36.2. The predicted octanol–water partition coefficient (Wildman–Crippen LogP) is 25.1. The molecule has 0 aliphatic heterocycles. The Bertz CT molecular complexity index is 783. The van der Waals surface area contributed by atoms with Gasteiger partial charge in [-0.15, -0.1) is 0 Å². The van der Waals surface area contributed by atoms with Gasteiger partial charge in [-0.25, -0.2) is 0 Å². The lowest BCUT2D eigenvalue weighted by Crippen LogP contribution is -3.00. The van der Waals surface area contributed by atoms with Gasteiger partial charge in [0, 0.05) is 7.26 Å². The standard InChI is InChI=1S/C72H148P.ClH/c1-5-9-13-17-21-25-29-33-37-41-45-49-53-57-61-65-69-73(70-66-62-58-54-50-46-42-38-34-30-26-22-18-14-10-6-2,71-67-63-59-55-51-47-43-39-35-31-27-23-19-15-11-7-3)72-68-64-60-56-52-48-44-40-36-32-28-24-20-16-12-8-4;/h5-72H2,1-4H3;1H/q+1;/p-1. The van der Waals surface area contributed by atoms with Crippen LogP contribution in [0.1, 0.15) is 439 Å². The number of unbranched alkanes of at least 4 members (excludes halogenated alkanes) is 60. The molecule has 0 bridgehead atoms. The van der Waals surface area contributed by atoms with Crippen LogP contribution in [0.3, 0.4) is 0 Å². The van der Waals surface area contributed by atoms with Gasteiger partial charge in [0.25, 0.3) is 0 Å². The van der Waals surface area contributed by atoms with Crippen LogP contribution in [0.4, 0.5) is 0 Å². The van der Waals surface area contributed by atoms with E-state index in [0.717, 1.165) is 0 Å². The normalized spacial score (nSPS) is 11.8. The van der Waals surface area contributed by atoms with E-state index in [9.17, 15) is 0 Å². The molecule has 0 atom stereocenters. The van der Waals surface area contributed by atoms with Crippen LogP contribution in [0.25, 0.3) is 0 Å². The summed E-state index contributed by atoms with van der Waals surface area (Å²) in [5, 5.41) is 0. The van der Waals surface area contributed by atoms with E-state index in [1.165, 1.54) is 385 Å². The van der Waals surface area contributed by atoms with Gasteiger partial charge < -0.3 is 12.4 Å². The minimum absolute atomic E-state index is 0. The molecule has 0 heterocycles. The molecular weight excluding hydrogens is 931 g/mol. The zero-order valence-electron chi connectivity index (χ0n) is 52.9. The average Bonchev–Trinajstić information content (AvgIpc) is 3.40. The minimum Gasteiger partial charge on any atom is -1.00 e. The predicted molar refractivity (Wildman–Crippen MR) is 345 cm³/mol. The number of hydrogen-bond donors (Lipinski definition) is 0. The number of rotatable bonds is 68. The monoisotopic (exact) mass is 1080 g/mol. The molecule has 0 nitrogen and oxygen atoms in total. The first-order valence-electron chi connectivity index (χ1n) is 36.1. The van der Waals surface area contributed by atoms with E-state index >= 15 is 0 Å². The Balaban J connectivity index is 0. The lowest BCUT2D eigenvalue weighted by atomic mass is 10.0. The molecule has 448 valence electrons. The Kier molecular flexibility index (Phi) is 72.5. The van der Waals surface area contributed by atoms with E-state index < -0.39 is 7.26 Å². The molecule has 0 aromatic carbocycles. The molecule has 0 saturated heterocycles. The Morgan fingerprint density at radius 3 is 0.297 bits per heavy atom. The molecular formula is C72H148ClP. The van der Waals surface area contributed by atoms with Crippen LogP contribution in [0.15, 0.2) is 0 Å². The molecule has 0 aromatic heterocycles. The maximum Gasteiger partial charge on any atom is 0.0594 e. The fourth-order valence-electron chi connectivity index (χ4n) is 12.7. The van der Waals surface area contributed by atoms with Gasteiger partial charge in [-0.05, 0) is 51.4 Å². The van der Waals surface area contributed by atoms with Crippen molar-refractivity contribution in [3.8, 4) is 0 Å². The van der Waals surface area contributed by atoms with Crippen molar-refractivity contribution in [2.75, 3.05) is 24.6 Å². The van der Waals surface area contributed by atoms with E-state index in [1.54, 1.807) is 50.3 Å². The molecule has 0 rings (SSSR count). The second-order valence-electron chi connectivity index (χ2n) is 25.4. The Hall–Kier alpha value is 0.720. The smallest absolute Gasteiger partial charge is 0.0594 e. The summed E-state index contributed by atoms with van der Waals surface area (Å²) in [5.41, 5.74) is 0. The summed E-state index contributed by atoms with van der Waals surface area (Å²) >= 11 is 0. The van der Waals surface area contributed by atoms with Crippen molar-refractivity contribution in [2.45, 2.75) is 439 Å². The third kappa shape index (κ3) is 63.6. The third-order valence-corrected chi connectivity index (χ3v) is 23.0. The third-order valence-electron chi connectivity index (χ3n) is 17.9. The lowest BCUT2D eigenvalue weighted by molar-refractivity contribution is -0.0000162. The quantitative estimate of drug-likeness (QED) is 0.0421. The molecule has 0 unspecified atom stereocenters. The first-order valence-corrected chi connectivity index (χ1v) is 38.6. The molecule has 74 heavy (non-hydrogen) atoms. The molecule has 0 radical (unpaired) electrons. The minimum atomic E-state index is -0.849. The van der Waals surface area contributed by atoms with Gasteiger partial charge in [0.2, 0.25) is 0 Å². The van der Waals surface area contributed by atoms with Crippen LogP contribution in [0, 0.1) is 0 Å². The number of hydrogen-bond acceptors (Lipinski definition) is 0. The summed E-state index contributed by atoms with van der Waals surface area (Å²) in [7, 11) is -0.849. The second-order valence-corrected chi connectivity index (χ2v) is 29.9. The van der Waals surface area contributed by atoms with Crippen LogP contribution in [-0.4, -0.2) is 24.6 Å². The van der Waals surface area contributed by atoms with Gasteiger partial charge >= 0.3 is 0 Å². The highest BCUT2D eigenvalue weighted by Crippen LogP contribution is 2.61. The first kappa shape index (κ1) is 76.8. The van der Waals surface area contributed by atoms with Crippen LogP contribution >= 0.6 is 7.26 Å². The van der Waals surface area contributed by atoms with Crippen LogP contribution in [0.2, 0.25) is 0 Å². The average molecular weight is 1080 g/mol. The van der Waals surface area contributed by atoms with E-state index in [4.69, 9.17) is 0 Å². The van der Waals surface area contributed by atoms with Crippen molar-refractivity contribution in [1.29, 1.82) is 0 Å². The van der Waals surface area contributed by atoms with Gasteiger partial charge in [0.15, 0.2) is 0 Å². The molecule has 0 aromatic rings. The van der Waals surface area contributed by atoms with E-state index in [1.807, 2.05) is 0 Å². The molecule has 0 aliphatic carbocycles. The zero-order chi connectivity index (χ0) is 52.6. The molecule has 0 spiro atoms. The fourth-order valence-corrected chi connectivity index (χ4v) is 17.6. The van der Waals surface area contributed by atoms with Gasteiger partial charge in [0.05, 0.1) is 24.6 Å². The molecule has 0 saturated carbocycles. The summed E-state index contributed by atoms with van der Waals surface area (Å²) in [6.07, 6.45) is 102. The van der Waals surface area contributed by atoms with Gasteiger partial charge in [-0.1, -0.05) is 387 Å². The summed E-state index contributed by atoms with van der Waals surface area (Å²) in [5.74, 6) is 0. The van der Waals surface area contributed by atoms with Crippen molar-refractivity contribution < 1.29 is 12.4 Å². The molecule has 0 fully saturated rings.